The van der Waals surface area contributed by atoms with Crippen molar-refractivity contribution in [3.05, 3.63) is 11.1 Å². The van der Waals surface area contributed by atoms with E-state index in [1.54, 1.807) is 11.3 Å². The lowest BCUT2D eigenvalue weighted by molar-refractivity contribution is 0.0989. The minimum absolute atomic E-state index is 0.396. The first-order valence-electron chi connectivity index (χ1n) is 6.76. The average Bonchev–Trinajstić information content (AvgIpc) is 2.86. The van der Waals surface area contributed by atoms with Gasteiger partial charge in [0, 0.05) is 23.7 Å². The van der Waals surface area contributed by atoms with E-state index in [-0.39, 0.29) is 0 Å². The van der Waals surface area contributed by atoms with Crippen LogP contribution in [0.3, 0.4) is 0 Å². The van der Waals surface area contributed by atoms with E-state index < -0.39 is 0 Å². The minimum atomic E-state index is 0.396. The molecule has 1 fully saturated rings. The number of thiazole rings is 1. The highest BCUT2D eigenvalue weighted by Gasteiger charge is 2.22. The summed E-state index contributed by atoms with van der Waals surface area (Å²) in [6.45, 7) is 10.2. The summed E-state index contributed by atoms with van der Waals surface area (Å²) in [5.74, 6) is 0. The summed E-state index contributed by atoms with van der Waals surface area (Å²) in [5, 5.41) is 4.63. The standard InChI is InChI=1S/C13H23N3OS/c1-4-5-14-11(3)12-8-15-13(18-12)16-6-7-17-9-10(16)2/h8,10-11,14H,4-7,9H2,1-3H3. The molecule has 0 bridgehead atoms. The maximum Gasteiger partial charge on any atom is 0.185 e. The van der Waals surface area contributed by atoms with Crippen LogP contribution in [0.2, 0.25) is 0 Å². The van der Waals surface area contributed by atoms with Crippen LogP contribution < -0.4 is 10.2 Å². The van der Waals surface area contributed by atoms with Gasteiger partial charge in [-0.25, -0.2) is 4.98 Å². The molecule has 1 aromatic heterocycles. The number of aromatic nitrogens is 1. The number of hydrogen-bond acceptors (Lipinski definition) is 5. The predicted octanol–water partition coefficient (Wildman–Crippen LogP) is 2.43. The molecule has 2 atom stereocenters. The van der Waals surface area contributed by atoms with Crippen LogP contribution in [0.1, 0.15) is 38.1 Å². The highest BCUT2D eigenvalue weighted by molar-refractivity contribution is 7.15. The van der Waals surface area contributed by atoms with E-state index in [2.05, 4.69) is 36.0 Å². The van der Waals surface area contributed by atoms with Crippen molar-refractivity contribution in [2.45, 2.75) is 39.3 Å². The van der Waals surface area contributed by atoms with Crippen LogP contribution in [0.25, 0.3) is 0 Å². The van der Waals surface area contributed by atoms with E-state index in [0.717, 1.165) is 37.9 Å². The van der Waals surface area contributed by atoms with Gasteiger partial charge in [0.1, 0.15) is 0 Å². The molecule has 0 aromatic carbocycles. The number of morpholine rings is 1. The molecule has 1 aliphatic heterocycles. The highest BCUT2D eigenvalue weighted by atomic mass is 32.1. The third-order valence-corrected chi connectivity index (χ3v) is 4.47. The Hall–Kier alpha value is -0.650. The maximum absolute atomic E-state index is 5.46. The maximum atomic E-state index is 5.46. The summed E-state index contributed by atoms with van der Waals surface area (Å²) in [5.41, 5.74) is 0. The zero-order valence-corrected chi connectivity index (χ0v) is 12.3. The number of hydrogen-bond donors (Lipinski definition) is 1. The van der Waals surface area contributed by atoms with Gasteiger partial charge in [-0.15, -0.1) is 11.3 Å². The second-order valence-electron chi connectivity index (χ2n) is 4.84. The van der Waals surface area contributed by atoms with Gasteiger partial charge in [-0.2, -0.15) is 0 Å². The normalized spacial score (nSPS) is 22.2. The van der Waals surface area contributed by atoms with Crippen LogP contribution in [0, 0.1) is 0 Å². The second kappa shape index (κ2) is 6.50. The Bertz CT molecular complexity index is 369. The Balaban J connectivity index is 2.00. The lowest BCUT2D eigenvalue weighted by atomic mass is 10.3. The summed E-state index contributed by atoms with van der Waals surface area (Å²) in [7, 11) is 0. The summed E-state index contributed by atoms with van der Waals surface area (Å²) in [6.07, 6.45) is 3.17. The van der Waals surface area contributed by atoms with Crippen LogP contribution >= 0.6 is 11.3 Å². The molecule has 1 aromatic rings. The van der Waals surface area contributed by atoms with Crippen molar-refractivity contribution in [2.75, 3.05) is 31.2 Å². The zero-order chi connectivity index (χ0) is 13.0. The van der Waals surface area contributed by atoms with Crippen LogP contribution in [0.15, 0.2) is 6.20 Å². The van der Waals surface area contributed by atoms with Crippen LogP contribution in [0.5, 0.6) is 0 Å². The van der Waals surface area contributed by atoms with Gasteiger partial charge in [0.05, 0.1) is 19.3 Å². The number of rotatable bonds is 5. The summed E-state index contributed by atoms with van der Waals surface area (Å²) in [4.78, 5) is 8.24. The van der Waals surface area contributed by atoms with Crippen LogP contribution in [0.4, 0.5) is 5.13 Å². The number of ether oxygens (including phenoxy) is 1. The average molecular weight is 269 g/mol. The topological polar surface area (TPSA) is 37.4 Å². The molecule has 0 aliphatic carbocycles. The summed E-state index contributed by atoms with van der Waals surface area (Å²) >= 11 is 1.80. The van der Waals surface area contributed by atoms with Crippen molar-refractivity contribution in [1.82, 2.24) is 10.3 Å². The first kappa shape index (κ1) is 13.8. The highest BCUT2D eigenvalue weighted by Crippen LogP contribution is 2.29. The lowest BCUT2D eigenvalue weighted by Crippen LogP contribution is -2.43. The van der Waals surface area contributed by atoms with E-state index in [9.17, 15) is 0 Å². The Morgan fingerprint density at radius 1 is 1.67 bits per heavy atom. The van der Waals surface area contributed by atoms with Crippen molar-refractivity contribution >= 4 is 16.5 Å². The molecular weight excluding hydrogens is 246 g/mol. The van der Waals surface area contributed by atoms with Crippen molar-refractivity contribution in [3.63, 3.8) is 0 Å². The van der Waals surface area contributed by atoms with Gasteiger partial charge >= 0.3 is 0 Å². The predicted molar refractivity (Wildman–Crippen MR) is 76.4 cm³/mol. The fourth-order valence-electron chi connectivity index (χ4n) is 2.08. The fourth-order valence-corrected chi connectivity index (χ4v) is 3.15. The molecule has 0 saturated carbocycles. The van der Waals surface area contributed by atoms with E-state index in [4.69, 9.17) is 4.74 Å². The van der Waals surface area contributed by atoms with Crippen LogP contribution in [-0.2, 0) is 4.74 Å². The largest absolute Gasteiger partial charge is 0.377 e. The molecule has 4 nitrogen and oxygen atoms in total. The van der Waals surface area contributed by atoms with Crippen molar-refractivity contribution in [1.29, 1.82) is 0 Å². The quantitative estimate of drug-likeness (QED) is 0.891. The molecule has 102 valence electrons. The Labute approximate surface area is 113 Å². The van der Waals surface area contributed by atoms with Gasteiger partial charge in [0.15, 0.2) is 5.13 Å². The fraction of sp³-hybridized carbons (Fsp3) is 0.769. The molecule has 0 amide bonds. The minimum Gasteiger partial charge on any atom is -0.377 e. The van der Waals surface area contributed by atoms with Gasteiger partial charge in [-0.1, -0.05) is 6.92 Å². The Morgan fingerprint density at radius 3 is 3.22 bits per heavy atom. The SMILES string of the molecule is CCCNC(C)c1cnc(N2CCOCC2C)s1. The second-order valence-corrected chi connectivity index (χ2v) is 5.88. The van der Waals surface area contributed by atoms with Crippen molar-refractivity contribution in [2.24, 2.45) is 0 Å². The van der Waals surface area contributed by atoms with Gasteiger partial charge in [-0.05, 0) is 26.8 Å². The molecule has 2 heterocycles. The molecular formula is C13H23N3OS. The summed E-state index contributed by atoms with van der Waals surface area (Å²) in [6, 6.07) is 0.823. The third kappa shape index (κ3) is 3.22. The van der Waals surface area contributed by atoms with E-state index in [0.29, 0.717) is 12.1 Å². The van der Waals surface area contributed by atoms with Gasteiger partial charge < -0.3 is 15.0 Å². The molecule has 5 heteroatoms. The zero-order valence-electron chi connectivity index (χ0n) is 11.5. The van der Waals surface area contributed by atoms with Crippen molar-refractivity contribution in [3.8, 4) is 0 Å². The van der Waals surface area contributed by atoms with Gasteiger partial charge in [0.25, 0.3) is 0 Å². The number of nitrogens with one attached hydrogen (secondary N) is 1. The first-order chi connectivity index (χ1) is 8.72. The van der Waals surface area contributed by atoms with Crippen molar-refractivity contribution < 1.29 is 4.74 Å². The summed E-state index contributed by atoms with van der Waals surface area (Å²) < 4.78 is 5.46. The van der Waals surface area contributed by atoms with E-state index in [1.807, 2.05) is 6.20 Å². The smallest absolute Gasteiger partial charge is 0.185 e. The molecule has 1 N–H and O–H groups in total. The Kier molecular flexibility index (Phi) is 4.97. The number of anilines is 1. The molecule has 18 heavy (non-hydrogen) atoms. The molecule has 2 unspecified atom stereocenters. The first-order valence-corrected chi connectivity index (χ1v) is 7.57. The Morgan fingerprint density at radius 2 is 2.50 bits per heavy atom. The lowest BCUT2D eigenvalue weighted by Gasteiger charge is -2.32. The molecule has 2 rings (SSSR count). The molecule has 1 aliphatic rings. The van der Waals surface area contributed by atoms with Gasteiger partial charge in [0.2, 0.25) is 0 Å². The van der Waals surface area contributed by atoms with E-state index >= 15 is 0 Å². The molecule has 0 radical (unpaired) electrons. The van der Waals surface area contributed by atoms with Gasteiger partial charge in [-0.3, -0.25) is 0 Å². The van der Waals surface area contributed by atoms with E-state index in [1.165, 1.54) is 4.88 Å². The van der Waals surface area contributed by atoms with Crippen LogP contribution in [-0.4, -0.2) is 37.3 Å². The number of nitrogens with zero attached hydrogens (tertiary/aromatic N) is 2. The molecule has 0 spiro atoms. The third-order valence-electron chi connectivity index (χ3n) is 3.25. The molecule has 1 saturated heterocycles. The monoisotopic (exact) mass is 269 g/mol.